The Bertz CT molecular complexity index is 175. The molecule has 0 aliphatic heterocycles. The van der Waals surface area contributed by atoms with Gasteiger partial charge in [-0.3, -0.25) is 4.79 Å². The van der Waals surface area contributed by atoms with Gasteiger partial charge in [0, 0.05) is 13.1 Å². The van der Waals surface area contributed by atoms with Crippen LogP contribution in [0, 0.1) is 0 Å². The van der Waals surface area contributed by atoms with Gasteiger partial charge in [0.1, 0.15) is 0 Å². The summed E-state index contributed by atoms with van der Waals surface area (Å²) in [5.41, 5.74) is 5.16. The molecule has 0 radical (unpaired) electrons. The van der Waals surface area contributed by atoms with Crippen LogP contribution in [-0.2, 0) is 4.79 Å². The van der Waals surface area contributed by atoms with Crippen molar-refractivity contribution in [1.82, 2.24) is 10.2 Å². The van der Waals surface area contributed by atoms with Crippen molar-refractivity contribution in [1.29, 1.82) is 0 Å². The highest BCUT2D eigenvalue weighted by atomic mass is 16.2. The van der Waals surface area contributed by atoms with Gasteiger partial charge < -0.3 is 16.0 Å². The van der Waals surface area contributed by atoms with Crippen LogP contribution >= 0.6 is 0 Å². The third-order valence-corrected chi connectivity index (χ3v) is 2.09. The molecule has 0 unspecified atom stereocenters. The van der Waals surface area contributed by atoms with Crippen molar-refractivity contribution in [3.05, 3.63) is 0 Å². The Morgan fingerprint density at radius 3 is 2.58 bits per heavy atom. The second-order valence-corrected chi connectivity index (χ2v) is 3.72. The van der Waals surface area contributed by atoms with Crippen molar-refractivity contribution in [2.75, 3.05) is 27.2 Å². The number of carbonyl (C=O) groups is 1. The maximum absolute atomic E-state index is 11.3. The van der Waals surface area contributed by atoms with Gasteiger partial charge in [0.05, 0.1) is 5.54 Å². The minimum absolute atomic E-state index is 0.00403. The van der Waals surface area contributed by atoms with Crippen molar-refractivity contribution < 1.29 is 4.79 Å². The maximum Gasteiger partial charge on any atom is 0.240 e. The third kappa shape index (κ3) is 2.46. The van der Waals surface area contributed by atoms with E-state index in [0.29, 0.717) is 6.54 Å². The summed E-state index contributed by atoms with van der Waals surface area (Å²) in [5.74, 6) is 0.00403. The van der Waals surface area contributed by atoms with Crippen LogP contribution in [0.3, 0.4) is 0 Å². The van der Waals surface area contributed by atoms with E-state index in [9.17, 15) is 4.79 Å². The molecule has 1 aliphatic rings. The summed E-state index contributed by atoms with van der Waals surface area (Å²) >= 11 is 0. The van der Waals surface area contributed by atoms with Gasteiger partial charge in [-0.25, -0.2) is 0 Å². The lowest BCUT2D eigenvalue weighted by molar-refractivity contribution is -0.123. The number of nitrogens with two attached hydrogens (primary N) is 1. The van der Waals surface area contributed by atoms with Crippen molar-refractivity contribution in [3.63, 3.8) is 0 Å². The summed E-state index contributed by atoms with van der Waals surface area (Å²) in [6.45, 7) is 1.55. The molecule has 1 aliphatic carbocycles. The molecule has 1 saturated carbocycles. The lowest BCUT2D eigenvalue weighted by Gasteiger charge is -2.12. The Kier molecular flexibility index (Phi) is 2.69. The molecule has 4 nitrogen and oxygen atoms in total. The first kappa shape index (κ1) is 9.48. The van der Waals surface area contributed by atoms with Gasteiger partial charge in [-0.05, 0) is 26.9 Å². The van der Waals surface area contributed by atoms with E-state index in [-0.39, 0.29) is 5.91 Å². The summed E-state index contributed by atoms with van der Waals surface area (Å²) in [6, 6.07) is 0. The molecule has 0 aromatic rings. The Labute approximate surface area is 73.1 Å². The van der Waals surface area contributed by atoms with Crippen LogP contribution in [0.5, 0.6) is 0 Å². The molecule has 70 valence electrons. The van der Waals surface area contributed by atoms with Gasteiger partial charge in [0.25, 0.3) is 0 Å². The monoisotopic (exact) mass is 171 g/mol. The molecule has 0 aromatic carbocycles. The van der Waals surface area contributed by atoms with E-state index in [2.05, 4.69) is 5.32 Å². The number of nitrogens with zero attached hydrogens (tertiary/aromatic N) is 1. The molecule has 0 bridgehead atoms. The van der Waals surface area contributed by atoms with Crippen molar-refractivity contribution in [3.8, 4) is 0 Å². The van der Waals surface area contributed by atoms with Crippen LogP contribution < -0.4 is 11.1 Å². The summed E-state index contributed by atoms with van der Waals surface area (Å²) in [6.07, 6.45) is 1.67. The van der Waals surface area contributed by atoms with E-state index in [4.69, 9.17) is 5.73 Å². The van der Waals surface area contributed by atoms with E-state index in [0.717, 1.165) is 19.4 Å². The molecular formula is C8H17N3O. The molecule has 0 aromatic heterocycles. The fraction of sp³-hybridized carbons (Fsp3) is 0.875. The molecule has 4 heteroatoms. The van der Waals surface area contributed by atoms with E-state index in [1.54, 1.807) is 0 Å². The quantitative estimate of drug-likeness (QED) is 0.579. The summed E-state index contributed by atoms with van der Waals surface area (Å²) in [5, 5.41) is 2.81. The second-order valence-electron chi connectivity index (χ2n) is 3.72. The SMILES string of the molecule is CN(C)CCNC(=O)C1(N)CC1. The Morgan fingerprint density at radius 2 is 2.17 bits per heavy atom. The molecule has 0 atom stereocenters. The van der Waals surface area contributed by atoms with Crippen LogP contribution in [-0.4, -0.2) is 43.5 Å². The van der Waals surface area contributed by atoms with Gasteiger partial charge in [0.15, 0.2) is 0 Å². The Hall–Kier alpha value is -0.610. The van der Waals surface area contributed by atoms with Crippen LogP contribution in [0.4, 0.5) is 0 Å². The predicted molar refractivity (Wildman–Crippen MR) is 47.7 cm³/mol. The van der Waals surface area contributed by atoms with E-state index in [1.165, 1.54) is 0 Å². The molecule has 1 amide bonds. The van der Waals surface area contributed by atoms with Gasteiger partial charge in [-0.1, -0.05) is 0 Å². The van der Waals surface area contributed by atoms with Crippen molar-refractivity contribution >= 4 is 5.91 Å². The smallest absolute Gasteiger partial charge is 0.240 e. The number of likely N-dealkylation sites (N-methyl/N-ethyl adjacent to an activating group) is 1. The van der Waals surface area contributed by atoms with Crippen LogP contribution in [0.15, 0.2) is 0 Å². The minimum Gasteiger partial charge on any atom is -0.353 e. The van der Waals surface area contributed by atoms with Crippen LogP contribution in [0.25, 0.3) is 0 Å². The number of rotatable bonds is 4. The molecule has 0 saturated heterocycles. The molecule has 1 fully saturated rings. The Morgan fingerprint density at radius 1 is 1.58 bits per heavy atom. The highest BCUT2D eigenvalue weighted by molar-refractivity contribution is 5.88. The number of carbonyl (C=O) groups excluding carboxylic acids is 1. The minimum atomic E-state index is -0.522. The summed E-state index contributed by atoms with van der Waals surface area (Å²) in [4.78, 5) is 13.3. The first-order chi connectivity index (χ1) is 5.54. The third-order valence-electron chi connectivity index (χ3n) is 2.09. The van der Waals surface area contributed by atoms with Gasteiger partial charge in [-0.15, -0.1) is 0 Å². The molecule has 0 heterocycles. The maximum atomic E-state index is 11.3. The molecular weight excluding hydrogens is 154 g/mol. The Balaban J connectivity index is 2.11. The number of nitrogens with one attached hydrogen (secondary N) is 1. The van der Waals surface area contributed by atoms with E-state index < -0.39 is 5.54 Å². The fourth-order valence-electron chi connectivity index (χ4n) is 0.931. The molecule has 12 heavy (non-hydrogen) atoms. The normalized spacial score (nSPS) is 19.3. The van der Waals surface area contributed by atoms with Crippen molar-refractivity contribution in [2.24, 2.45) is 5.73 Å². The first-order valence-corrected chi connectivity index (χ1v) is 4.26. The summed E-state index contributed by atoms with van der Waals surface area (Å²) < 4.78 is 0. The molecule has 3 N–H and O–H groups in total. The summed E-state index contributed by atoms with van der Waals surface area (Å²) in [7, 11) is 3.95. The number of hydrogen-bond donors (Lipinski definition) is 2. The highest BCUT2D eigenvalue weighted by Gasteiger charge is 2.45. The van der Waals surface area contributed by atoms with Crippen LogP contribution in [0.1, 0.15) is 12.8 Å². The largest absolute Gasteiger partial charge is 0.353 e. The highest BCUT2D eigenvalue weighted by Crippen LogP contribution is 2.31. The standard InChI is InChI=1S/C8H17N3O/c1-11(2)6-5-10-7(12)8(9)3-4-8/h3-6,9H2,1-2H3,(H,10,12). The lowest BCUT2D eigenvalue weighted by atomic mass is 10.3. The molecule has 0 spiro atoms. The van der Waals surface area contributed by atoms with Gasteiger partial charge in [-0.2, -0.15) is 0 Å². The predicted octanol–water partition coefficient (Wildman–Crippen LogP) is -0.844. The zero-order valence-electron chi connectivity index (χ0n) is 7.76. The lowest BCUT2D eigenvalue weighted by Crippen LogP contribution is -2.44. The number of amides is 1. The zero-order valence-corrected chi connectivity index (χ0v) is 7.76. The molecule has 1 rings (SSSR count). The zero-order chi connectivity index (χ0) is 9.19. The van der Waals surface area contributed by atoms with E-state index in [1.807, 2.05) is 19.0 Å². The average molecular weight is 171 g/mol. The van der Waals surface area contributed by atoms with Crippen molar-refractivity contribution in [2.45, 2.75) is 18.4 Å². The number of hydrogen-bond acceptors (Lipinski definition) is 3. The second kappa shape index (κ2) is 3.41. The van der Waals surface area contributed by atoms with Gasteiger partial charge in [0.2, 0.25) is 5.91 Å². The van der Waals surface area contributed by atoms with E-state index >= 15 is 0 Å². The fourth-order valence-corrected chi connectivity index (χ4v) is 0.931. The first-order valence-electron chi connectivity index (χ1n) is 4.26. The average Bonchev–Trinajstić information content (AvgIpc) is 2.68. The topological polar surface area (TPSA) is 58.4 Å². The van der Waals surface area contributed by atoms with Crippen LogP contribution in [0.2, 0.25) is 0 Å². The van der Waals surface area contributed by atoms with Gasteiger partial charge >= 0.3 is 0 Å².